The zero-order valence-corrected chi connectivity index (χ0v) is 8.12. The van der Waals surface area contributed by atoms with Gasteiger partial charge < -0.3 is 9.84 Å². The van der Waals surface area contributed by atoms with Crippen molar-refractivity contribution in [1.29, 1.82) is 0 Å². The Morgan fingerprint density at radius 1 is 1.54 bits per heavy atom. The summed E-state index contributed by atoms with van der Waals surface area (Å²) in [5.74, 6) is -0.852. The van der Waals surface area contributed by atoms with Crippen molar-refractivity contribution in [3.8, 4) is 0 Å². The maximum Gasteiger partial charge on any atom is 0.311 e. The van der Waals surface area contributed by atoms with Crippen LogP contribution in [0.2, 0.25) is 0 Å². The van der Waals surface area contributed by atoms with Crippen LogP contribution in [0.5, 0.6) is 0 Å². The standard InChI is InChI=1S/C10H16O3/c1-6-3-4-7-8(5-6)10(2,12)13-9(7)11/h6-8,12H,3-5H2,1-2H3. The zero-order chi connectivity index (χ0) is 9.64. The molecular formula is C10H16O3. The van der Waals surface area contributed by atoms with Gasteiger partial charge in [0.1, 0.15) is 0 Å². The lowest BCUT2D eigenvalue weighted by Gasteiger charge is -2.31. The maximum absolute atomic E-state index is 11.3. The molecule has 13 heavy (non-hydrogen) atoms. The van der Waals surface area contributed by atoms with E-state index in [1.54, 1.807) is 6.92 Å². The van der Waals surface area contributed by atoms with E-state index in [0.29, 0.717) is 5.92 Å². The monoisotopic (exact) mass is 184 g/mol. The molecule has 1 saturated carbocycles. The van der Waals surface area contributed by atoms with Gasteiger partial charge >= 0.3 is 5.97 Å². The van der Waals surface area contributed by atoms with Crippen molar-refractivity contribution in [3.05, 3.63) is 0 Å². The van der Waals surface area contributed by atoms with Crippen molar-refractivity contribution in [2.75, 3.05) is 0 Å². The van der Waals surface area contributed by atoms with Crippen molar-refractivity contribution in [2.45, 2.75) is 38.9 Å². The molecule has 1 saturated heterocycles. The lowest BCUT2D eigenvalue weighted by molar-refractivity contribution is -0.194. The van der Waals surface area contributed by atoms with Crippen molar-refractivity contribution in [3.63, 3.8) is 0 Å². The minimum absolute atomic E-state index is 0.0174. The number of carbonyl (C=O) groups excluding carboxylic acids is 1. The molecule has 0 aromatic rings. The molecule has 0 radical (unpaired) electrons. The smallest absolute Gasteiger partial charge is 0.311 e. The quantitative estimate of drug-likeness (QED) is 0.577. The molecule has 74 valence electrons. The molecule has 3 nitrogen and oxygen atoms in total. The fourth-order valence-electron chi connectivity index (χ4n) is 2.61. The second-order valence-electron chi connectivity index (χ2n) is 4.61. The van der Waals surface area contributed by atoms with E-state index in [4.69, 9.17) is 4.74 Å². The van der Waals surface area contributed by atoms with E-state index in [2.05, 4.69) is 6.92 Å². The summed E-state index contributed by atoms with van der Waals surface area (Å²) < 4.78 is 4.96. The molecule has 0 spiro atoms. The highest BCUT2D eigenvalue weighted by molar-refractivity contribution is 5.75. The highest BCUT2D eigenvalue weighted by Gasteiger charge is 2.53. The summed E-state index contributed by atoms with van der Waals surface area (Å²) in [6.07, 6.45) is 2.86. The molecule has 2 fully saturated rings. The molecule has 0 bridgehead atoms. The first kappa shape index (κ1) is 9.00. The largest absolute Gasteiger partial charge is 0.433 e. The molecule has 3 heteroatoms. The fourth-order valence-corrected chi connectivity index (χ4v) is 2.61. The van der Waals surface area contributed by atoms with Crippen LogP contribution < -0.4 is 0 Å². The van der Waals surface area contributed by atoms with Gasteiger partial charge in [-0.05, 0) is 25.2 Å². The van der Waals surface area contributed by atoms with Crippen LogP contribution in [0.15, 0.2) is 0 Å². The van der Waals surface area contributed by atoms with Crippen molar-refractivity contribution < 1.29 is 14.6 Å². The third-order valence-electron chi connectivity index (χ3n) is 3.41. The first-order valence-electron chi connectivity index (χ1n) is 4.96. The topological polar surface area (TPSA) is 46.5 Å². The minimum Gasteiger partial charge on any atom is -0.433 e. The minimum atomic E-state index is -1.21. The van der Waals surface area contributed by atoms with Crippen molar-refractivity contribution in [2.24, 2.45) is 17.8 Å². The molecule has 1 aliphatic carbocycles. The first-order chi connectivity index (χ1) is 6.00. The van der Waals surface area contributed by atoms with E-state index >= 15 is 0 Å². The summed E-state index contributed by atoms with van der Waals surface area (Å²) >= 11 is 0. The molecule has 2 rings (SSSR count). The van der Waals surface area contributed by atoms with E-state index < -0.39 is 5.79 Å². The molecule has 0 aromatic heterocycles. The summed E-state index contributed by atoms with van der Waals surface area (Å²) in [6, 6.07) is 0. The third kappa shape index (κ3) is 1.35. The second kappa shape index (κ2) is 2.71. The number of rotatable bonds is 0. The molecular weight excluding hydrogens is 168 g/mol. The highest BCUT2D eigenvalue weighted by Crippen LogP contribution is 2.45. The van der Waals surface area contributed by atoms with Crippen LogP contribution in [0.4, 0.5) is 0 Å². The van der Waals surface area contributed by atoms with Gasteiger partial charge in [0.25, 0.3) is 0 Å². The predicted octanol–water partition coefficient (Wildman–Crippen LogP) is 1.30. The Kier molecular flexibility index (Phi) is 1.88. The first-order valence-corrected chi connectivity index (χ1v) is 4.96. The predicted molar refractivity (Wildman–Crippen MR) is 46.7 cm³/mol. The number of ether oxygens (including phenoxy) is 1. The average molecular weight is 184 g/mol. The summed E-state index contributed by atoms with van der Waals surface area (Å²) in [4.78, 5) is 11.3. The molecule has 1 N–H and O–H groups in total. The maximum atomic E-state index is 11.3. The van der Waals surface area contributed by atoms with Crippen LogP contribution >= 0.6 is 0 Å². The SMILES string of the molecule is CC1CCC2C(=O)OC(C)(O)C2C1. The summed E-state index contributed by atoms with van der Waals surface area (Å²) in [5.41, 5.74) is 0. The second-order valence-corrected chi connectivity index (χ2v) is 4.61. The van der Waals surface area contributed by atoms with Gasteiger partial charge in [0, 0.05) is 12.8 Å². The number of hydrogen-bond donors (Lipinski definition) is 1. The Bertz CT molecular complexity index is 234. The van der Waals surface area contributed by atoms with Gasteiger partial charge in [-0.2, -0.15) is 0 Å². The Balaban J connectivity index is 2.21. The highest BCUT2D eigenvalue weighted by atomic mass is 16.7. The van der Waals surface area contributed by atoms with Crippen LogP contribution in [-0.2, 0) is 9.53 Å². The van der Waals surface area contributed by atoms with E-state index in [1.165, 1.54) is 0 Å². The Hall–Kier alpha value is -0.570. The normalized spacial score (nSPS) is 50.1. The number of cyclic esters (lactones) is 1. The molecule has 4 atom stereocenters. The molecule has 1 heterocycles. The van der Waals surface area contributed by atoms with Crippen LogP contribution in [0.1, 0.15) is 33.1 Å². The Labute approximate surface area is 78.1 Å². The lowest BCUT2D eigenvalue weighted by Crippen LogP contribution is -2.36. The number of hydrogen-bond acceptors (Lipinski definition) is 3. The number of aliphatic hydroxyl groups is 1. The molecule has 1 aliphatic heterocycles. The van der Waals surface area contributed by atoms with Crippen LogP contribution in [0.25, 0.3) is 0 Å². The van der Waals surface area contributed by atoms with Gasteiger partial charge in [-0.25, -0.2) is 0 Å². The van der Waals surface area contributed by atoms with Gasteiger partial charge in [-0.1, -0.05) is 6.92 Å². The van der Waals surface area contributed by atoms with Crippen molar-refractivity contribution >= 4 is 5.97 Å². The Morgan fingerprint density at radius 3 is 2.92 bits per heavy atom. The van der Waals surface area contributed by atoms with Gasteiger partial charge in [0.05, 0.1) is 5.92 Å². The fraction of sp³-hybridized carbons (Fsp3) is 0.900. The van der Waals surface area contributed by atoms with Gasteiger partial charge in [0.2, 0.25) is 5.79 Å². The van der Waals surface area contributed by atoms with Crippen molar-refractivity contribution in [1.82, 2.24) is 0 Å². The van der Waals surface area contributed by atoms with E-state index in [9.17, 15) is 9.90 Å². The summed E-state index contributed by atoms with van der Waals surface area (Å²) in [5, 5.41) is 9.83. The van der Waals surface area contributed by atoms with E-state index in [0.717, 1.165) is 19.3 Å². The summed E-state index contributed by atoms with van der Waals surface area (Å²) in [7, 11) is 0. The lowest BCUT2D eigenvalue weighted by atomic mass is 9.73. The molecule has 4 unspecified atom stereocenters. The van der Waals surface area contributed by atoms with Gasteiger partial charge in [-0.3, -0.25) is 4.79 Å². The molecule has 0 aromatic carbocycles. The number of carbonyl (C=O) groups is 1. The van der Waals surface area contributed by atoms with E-state index in [-0.39, 0.29) is 17.8 Å². The zero-order valence-electron chi connectivity index (χ0n) is 8.12. The van der Waals surface area contributed by atoms with Gasteiger partial charge in [-0.15, -0.1) is 0 Å². The summed E-state index contributed by atoms with van der Waals surface area (Å²) in [6.45, 7) is 3.77. The Morgan fingerprint density at radius 2 is 2.23 bits per heavy atom. The third-order valence-corrected chi connectivity index (χ3v) is 3.41. The average Bonchev–Trinajstić information content (AvgIpc) is 2.23. The van der Waals surface area contributed by atoms with Gasteiger partial charge in [0.15, 0.2) is 0 Å². The van der Waals surface area contributed by atoms with Crippen LogP contribution in [0.3, 0.4) is 0 Å². The van der Waals surface area contributed by atoms with E-state index in [1.807, 2.05) is 0 Å². The van der Waals surface area contributed by atoms with Crippen LogP contribution in [0, 0.1) is 17.8 Å². The van der Waals surface area contributed by atoms with Crippen LogP contribution in [-0.4, -0.2) is 16.9 Å². The molecule has 2 aliphatic rings. The number of esters is 1. The molecule has 0 amide bonds. The number of fused-ring (bicyclic) bond motifs is 1.